The van der Waals surface area contributed by atoms with E-state index in [0.29, 0.717) is 13.1 Å². The molecule has 0 saturated carbocycles. The molecule has 1 aliphatic rings. The van der Waals surface area contributed by atoms with Crippen LogP contribution in [0.4, 0.5) is 5.69 Å². The van der Waals surface area contributed by atoms with Crippen LogP contribution in [0, 0.1) is 0 Å². The minimum atomic E-state index is -3.23. The van der Waals surface area contributed by atoms with Gasteiger partial charge in [-0.2, -0.15) is 4.31 Å². The first kappa shape index (κ1) is 14.6. The Bertz CT molecular complexity index is 622. The van der Waals surface area contributed by atoms with Crippen LogP contribution in [0.15, 0.2) is 18.2 Å². The van der Waals surface area contributed by atoms with Crippen LogP contribution in [0.5, 0.6) is 5.75 Å². The summed E-state index contributed by atoms with van der Waals surface area (Å²) in [4.78, 5) is 13.8. The standard InChI is InChI=1S/C12H17N3O4S/c1-20(18,19)15-7-5-14(6-8-15)12(17)9-3-2-4-10(13)11(9)16/h2-4,16H,5-8,13H2,1H3. The van der Waals surface area contributed by atoms with Crippen LogP contribution in [-0.4, -0.2) is 61.1 Å². The van der Waals surface area contributed by atoms with Crippen molar-refractivity contribution >= 4 is 21.6 Å². The Kier molecular flexibility index (Phi) is 3.87. The van der Waals surface area contributed by atoms with E-state index in [9.17, 15) is 18.3 Å². The maximum absolute atomic E-state index is 12.3. The van der Waals surface area contributed by atoms with E-state index in [1.54, 1.807) is 6.07 Å². The molecule has 1 fully saturated rings. The van der Waals surface area contributed by atoms with Crippen molar-refractivity contribution in [2.75, 3.05) is 38.2 Å². The normalized spacial score (nSPS) is 17.1. The third-order valence-corrected chi connectivity index (χ3v) is 4.60. The molecule has 7 nitrogen and oxygen atoms in total. The SMILES string of the molecule is CS(=O)(=O)N1CCN(C(=O)c2cccc(N)c2O)CC1. The predicted molar refractivity (Wildman–Crippen MR) is 74.8 cm³/mol. The van der Waals surface area contributed by atoms with E-state index in [0.717, 1.165) is 6.26 Å². The maximum Gasteiger partial charge on any atom is 0.257 e. The largest absolute Gasteiger partial charge is 0.505 e. The Morgan fingerprint density at radius 3 is 2.40 bits per heavy atom. The second kappa shape index (κ2) is 5.29. The summed E-state index contributed by atoms with van der Waals surface area (Å²) in [5.74, 6) is -0.578. The van der Waals surface area contributed by atoms with E-state index in [1.807, 2.05) is 0 Å². The third kappa shape index (κ3) is 2.86. The highest BCUT2D eigenvalue weighted by Crippen LogP contribution is 2.26. The number of sulfonamides is 1. The molecule has 0 radical (unpaired) electrons. The summed E-state index contributed by atoms with van der Waals surface area (Å²) in [6.07, 6.45) is 1.15. The van der Waals surface area contributed by atoms with Gasteiger partial charge in [-0.25, -0.2) is 8.42 Å². The molecule has 0 aliphatic carbocycles. The van der Waals surface area contributed by atoms with Gasteiger partial charge < -0.3 is 15.7 Å². The maximum atomic E-state index is 12.3. The first-order valence-corrected chi connectivity index (χ1v) is 7.97. The summed E-state index contributed by atoms with van der Waals surface area (Å²) in [5, 5.41) is 9.80. The zero-order chi connectivity index (χ0) is 14.9. The monoisotopic (exact) mass is 299 g/mol. The number of aromatic hydroxyl groups is 1. The lowest BCUT2D eigenvalue weighted by Crippen LogP contribution is -2.50. The van der Waals surface area contributed by atoms with Crippen LogP contribution in [0.2, 0.25) is 0 Å². The molecule has 1 amide bonds. The summed E-state index contributed by atoms with van der Waals surface area (Å²) in [5.41, 5.74) is 5.84. The molecule has 0 aromatic heterocycles. The van der Waals surface area contributed by atoms with Crippen molar-refractivity contribution in [2.24, 2.45) is 0 Å². The van der Waals surface area contributed by atoms with E-state index in [1.165, 1.54) is 21.3 Å². The molecular weight excluding hydrogens is 282 g/mol. The van der Waals surface area contributed by atoms with Crippen LogP contribution >= 0.6 is 0 Å². The Hall–Kier alpha value is -1.80. The Morgan fingerprint density at radius 1 is 1.25 bits per heavy atom. The van der Waals surface area contributed by atoms with E-state index in [-0.39, 0.29) is 36.0 Å². The zero-order valence-corrected chi connectivity index (χ0v) is 11.9. The number of carbonyl (C=O) groups is 1. The highest BCUT2D eigenvalue weighted by molar-refractivity contribution is 7.88. The molecule has 8 heteroatoms. The van der Waals surface area contributed by atoms with Gasteiger partial charge in [0.15, 0.2) is 5.75 Å². The van der Waals surface area contributed by atoms with Gasteiger partial charge in [0.1, 0.15) is 0 Å². The molecule has 0 atom stereocenters. The van der Waals surface area contributed by atoms with Gasteiger partial charge in [-0.05, 0) is 12.1 Å². The Balaban J connectivity index is 2.11. The number of nitrogens with zero attached hydrogens (tertiary/aromatic N) is 2. The minimum absolute atomic E-state index is 0.137. The van der Waals surface area contributed by atoms with Crippen LogP contribution in [-0.2, 0) is 10.0 Å². The van der Waals surface area contributed by atoms with Gasteiger partial charge in [0.2, 0.25) is 10.0 Å². The van der Waals surface area contributed by atoms with E-state index in [2.05, 4.69) is 0 Å². The Morgan fingerprint density at radius 2 is 1.85 bits per heavy atom. The van der Waals surface area contributed by atoms with Gasteiger partial charge in [0, 0.05) is 26.2 Å². The number of benzene rings is 1. The lowest BCUT2D eigenvalue weighted by Gasteiger charge is -2.33. The van der Waals surface area contributed by atoms with Gasteiger partial charge in [-0.15, -0.1) is 0 Å². The molecule has 1 saturated heterocycles. The Labute approximate surface area is 117 Å². The fourth-order valence-electron chi connectivity index (χ4n) is 2.13. The number of piperazine rings is 1. The summed E-state index contributed by atoms with van der Waals surface area (Å²) in [6, 6.07) is 4.60. The number of anilines is 1. The molecular formula is C12H17N3O4S. The van der Waals surface area contributed by atoms with E-state index in [4.69, 9.17) is 5.73 Å². The quantitative estimate of drug-likeness (QED) is 0.576. The lowest BCUT2D eigenvalue weighted by atomic mass is 10.1. The van der Waals surface area contributed by atoms with Crippen LogP contribution in [0.3, 0.4) is 0 Å². The van der Waals surface area contributed by atoms with Gasteiger partial charge in [0.25, 0.3) is 5.91 Å². The van der Waals surface area contributed by atoms with Gasteiger partial charge in [0.05, 0.1) is 17.5 Å². The molecule has 0 spiro atoms. The second-order valence-corrected chi connectivity index (χ2v) is 6.68. The summed E-state index contributed by atoms with van der Waals surface area (Å²) in [7, 11) is -3.23. The number of phenolic OH excluding ortho intramolecular Hbond substituents is 1. The average Bonchev–Trinajstić information content (AvgIpc) is 2.40. The number of para-hydroxylation sites is 1. The van der Waals surface area contributed by atoms with Crippen molar-refractivity contribution in [3.05, 3.63) is 23.8 Å². The number of carbonyl (C=O) groups excluding carboxylic acids is 1. The molecule has 1 aliphatic heterocycles. The average molecular weight is 299 g/mol. The minimum Gasteiger partial charge on any atom is -0.505 e. The van der Waals surface area contributed by atoms with Crippen molar-refractivity contribution in [2.45, 2.75) is 0 Å². The molecule has 1 aromatic rings. The first-order valence-electron chi connectivity index (χ1n) is 6.12. The number of hydrogen-bond acceptors (Lipinski definition) is 5. The highest BCUT2D eigenvalue weighted by Gasteiger charge is 2.27. The molecule has 20 heavy (non-hydrogen) atoms. The molecule has 2 rings (SSSR count). The van der Waals surface area contributed by atoms with Crippen molar-refractivity contribution in [3.8, 4) is 5.75 Å². The van der Waals surface area contributed by atoms with Gasteiger partial charge >= 0.3 is 0 Å². The number of nitrogen functional groups attached to an aromatic ring is 1. The van der Waals surface area contributed by atoms with Gasteiger partial charge in [-0.1, -0.05) is 6.07 Å². The zero-order valence-electron chi connectivity index (χ0n) is 11.1. The predicted octanol–water partition coefficient (Wildman–Crippen LogP) is -0.308. The fourth-order valence-corrected chi connectivity index (χ4v) is 2.95. The number of rotatable bonds is 2. The van der Waals surface area contributed by atoms with Crippen molar-refractivity contribution in [1.82, 2.24) is 9.21 Å². The van der Waals surface area contributed by atoms with Crippen LogP contribution in [0.25, 0.3) is 0 Å². The van der Waals surface area contributed by atoms with Gasteiger partial charge in [-0.3, -0.25) is 4.79 Å². The topological polar surface area (TPSA) is 104 Å². The molecule has 3 N–H and O–H groups in total. The smallest absolute Gasteiger partial charge is 0.257 e. The molecule has 1 aromatic carbocycles. The van der Waals surface area contributed by atoms with Crippen molar-refractivity contribution < 1.29 is 18.3 Å². The molecule has 0 unspecified atom stereocenters. The van der Waals surface area contributed by atoms with Crippen LogP contribution < -0.4 is 5.73 Å². The fraction of sp³-hybridized carbons (Fsp3) is 0.417. The van der Waals surface area contributed by atoms with E-state index < -0.39 is 10.0 Å². The number of nitrogens with two attached hydrogens (primary N) is 1. The summed E-state index contributed by atoms with van der Waals surface area (Å²) in [6.45, 7) is 1.10. The molecule has 1 heterocycles. The molecule has 110 valence electrons. The second-order valence-electron chi connectivity index (χ2n) is 4.70. The number of phenols is 1. The third-order valence-electron chi connectivity index (χ3n) is 3.29. The van der Waals surface area contributed by atoms with E-state index >= 15 is 0 Å². The first-order chi connectivity index (χ1) is 9.30. The summed E-state index contributed by atoms with van der Waals surface area (Å²) < 4.78 is 24.1. The summed E-state index contributed by atoms with van der Waals surface area (Å²) >= 11 is 0. The number of amides is 1. The highest BCUT2D eigenvalue weighted by atomic mass is 32.2. The number of hydrogen-bond donors (Lipinski definition) is 2. The van der Waals surface area contributed by atoms with Crippen molar-refractivity contribution in [3.63, 3.8) is 0 Å². The van der Waals surface area contributed by atoms with Crippen molar-refractivity contribution in [1.29, 1.82) is 0 Å². The molecule has 0 bridgehead atoms. The van der Waals surface area contributed by atoms with Crippen LogP contribution in [0.1, 0.15) is 10.4 Å². The lowest BCUT2D eigenvalue weighted by molar-refractivity contribution is 0.0695.